The zero-order valence-electron chi connectivity index (χ0n) is 11.3. The molecule has 0 unspecified atom stereocenters. The summed E-state index contributed by atoms with van der Waals surface area (Å²) in [5.74, 6) is 0. The summed E-state index contributed by atoms with van der Waals surface area (Å²) in [6.45, 7) is 0. The van der Waals surface area contributed by atoms with E-state index < -0.39 is 0 Å². The van der Waals surface area contributed by atoms with E-state index >= 15 is 0 Å². The molecule has 98 valence electrons. The Morgan fingerprint density at radius 3 is 2.47 bits per heavy atom. The SMILES string of the molecule is Nc1c2c(nc3c4c(ccc13)CCCC4)CCCC2. The van der Waals surface area contributed by atoms with Crippen molar-refractivity contribution >= 4 is 16.6 Å². The van der Waals surface area contributed by atoms with Crippen LogP contribution in [0.2, 0.25) is 0 Å². The quantitative estimate of drug-likeness (QED) is 0.778. The van der Waals surface area contributed by atoms with E-state index in [2.05, 4.69) is 12.1 Å². The highest BCUT2D eigenvalue weighted by atomic mass is 14.7. The number of rotatable bonds is 0. The summed E-state index contributed by atoms with van der Waals surface area (Å²) < 4.78 is 0. The number of benzene rings is 1. The van der Waals surface area contributed by atoms with Crippen molar-refractivity contribution in [2.45, 2.75) is 51.4 Å². The molecule has 0 fully saturated rings. The summed E-state index contributed by atoms with van der Waals surface area (Å²) in [5, 5.41) is 1.20. The number of nitrogens with zero attached hydrogens (tertiary/aromatic N) is 1. The second-order valence-electron chi connectivity index (χ2n) is 5.96. The summed E-state index contributed by atoms with van der Waals surface area (Å²) in [4.78, 5) is 5.01. The Morgan fingerprint density at radius 2 is 1.58 bits per heavy atom. The summed E-state index contributed by atoms with van der Waals surface area (Å²) in [6.07, 6.45) is 9.75. The molecule has 2 aliphatic rings. The Balaban J connectivity index is 2.04. The Kier molecular flexibility index (Phi) is 2.51. The summed E-state index contributed by atoms with van der Waals surface area (Å²) in [7, 11) is 0. The van der Waals surface area contributed by atoms with Crippen molar-refractivity contribution in [3.8, 4) is 0 Å². The molecule has 2 aromatic rings. The second kappa shape index (κ2) is 4.22. The highest BCUT2D eigenvalue weighted by Crippen LogP contribution is 2.35. The van der Waals surface area contributed by atoms with Crippen LogP contribution >= 0.6 is 0 Å². The lowest BCUT2D eigenvalue weighted by atomic mass is 9.87. The number of hydrogen-bond acceptors (Lipinski definition) is 2. The fraction of sp³-hybridized carbons (Fsp3) is 0.471. The molecule has 0 amide bonds. The van der Waals surface area contributed by atoms with Gasteiger partial charge in [0.15, 0.2) is 0 Å². The van der Waals surface area contributed by atoms with Crippen LogP contribution < -0.4 is 5.73 Å². The molecular weight excluding hydrogens is 232 g/mol. The van der Waals surface area contributed by atoms with Gasteiger partial charge in [0.1, 0.15) is 0 Å². The first-order chi connectivity index (χ1) is 9.34. The minimum atomic E-state index is 1.01. The van der Waals surface area contributed by atoms with Crippen molar-refractivity contribution in [1.82, 2.24) is 4.98 Å². The third-order valence-corrected chi connectivity index (χ3v) is 4.80. The maximum absolute atomic E-state index is 6.43. The van der Waals surface area contributed by atoms with Crippen LogP contribution in [0.25, 0.3) is 10.9 Å². The summed E-state index contributed by atoms with van der Waals surface area (Å²) in [6, 6.07) is 4.49. The first kappa shape index (κ1) is 11.3. The number of nitrogen functional groups attached to an aromatic ring is 1. The Labute approximate surface area is 114 Å². The van der Waals surface area contributed by atoms with Gasteiger partial charge in [0.05, 0.1) is 5.52 Å². The third kappa shape index (κ3) is 1.66. The first-order valence-electron chi connectivity index (χ1n) is 7.56. The average Bonchev–Trinajstić information content (AvgIpc) is 2.47. The van der Waals surface area contributed by atoms with Gasteiger partial charge in [-0.05, 0) is 68.1 Å². The molecule has 1 aromatic carbocycles. The molecule has 0 aliphatic heterocycles. The minimum absolute atomic E-state index is 1.01. The molecule has 2 nitrogen and oxygen atoms in total. The molecule has 0 radical (unpaired) electrons. The highest BCUT2D eigenvalue weighted by molar-refractivity contribution is 5.95. The average molecular weight is 252 g/mol. The Hall–Kier alpha value is -1.57. The zero-order chi connectivity index (χ0) is 12.8. The van der Waals surface area contributed by atoms with Gasteiger partial charge in [-0.1, -0.05) is 12.1 Å². The van der Waals surface area contributed by atoms with Gasteiger partial charge in [0, 0.05) is 16.8 Å². The topological polar surface area (TPSA) is 38.9 Å². The van der Waals surface area contributed by atoms with E-state index in [-0.39, 0.29) is 0 Å². The van der Waals surface area contributed by atoms with Gasteiger partial charge in [-0.25, -0.2) is 0 Å². The van der Waals surface area contributed by atoms with Crippen LogP contribution in [0.15, 0.2) is 12.1 Å². The summed E-state index contributed by atoms with van der Waals surface area (Å²) in [5.41, 5.74) is 14.2. The number of aryl methyl sites for hydroxylation is 3. The largest absolute Gasteiger partial charge is 0.398 e. The highest BCUT2D eigenvalue weighted by Gasteiger charge is 2.20. The van der Waals surface area contributed by atoms with Crippen LogP contribution in [0, 0.1) is 0 Å². The van der Waals surface area contributed by atoms with E-state index in [0.29, 0.717) is 0 Å². The van der Waals surface area contributed by atoms with Gasteiger partial charge in [-0.2, -0.15) is 0 Å². The van der Waals surface area contributed by atoms with Crippen LogP contribution in [0.1, 0.15) is 48.1 Å². The number of pyridine rings is 1. The zero-order valence-corrected chi connectivity index (χ0v) is 11.3. The molecule has 2 aliphatic carbocycles. The van der Waals surface area contributed by atoms with Gasteiger partial charge in [0.25, 0.3) is 0 Å². The standard InChI is InChI=1S/C17H20N2/c18-16-13-7-3-4-8-15(13)19-17-12-6-2-1-5-11(12)9-10-14(16)17/h9-10H,1-8H2,(H2,18,19). The lowest BCUT2D eigenvalue weighted by Gasteiger charge is -2.22. The maximum Gasteiger partial charge on any atom is 0.0760 e. The molecule has 0 saturated heterocycles. The minimum Gasteiger partial charge on any atom is -0.398 e. The second-order valence-corrected chi connectivity index (χ2v) is 5.96. The van der Waals surface area contributed by atoms with Crippen molar-refractivity contribution in [2.75, 3.05) is 5.73 Å². The lowest BCUT2D eigenvalue weighted by Crippen LogP contribution is -2.12. The molecule has 0 atom stereocenters. The molecule has 4 rings (SSSR count). The number of fused-ring (bicyclic) bond motifs is 4. The van der Waals surface area contributed by atoms with E-state index in [1.807, 2.05) is 0 Å². The lowest BCUT2D eigenvalue weighted by molar-refractivity contribution is 0.669. The van der Waals surface area contributed by atoms with Crippen LogP contribution in [0.5, 0.6) is 0 Å². The predicted octanol–water partition coefficient (Wildman–Crippen LogP) is 3.57. The molecule has 0 spiro atoms. The van der Waals surface area contributed by atoms with E-state index in [4.69, 9.17) is 10.7 Å². The number of hydrogen-bond donors (Lipinski definition) is 1. The van der Waals surface area contributed by atoms with E-state index in [9.17, 15) is 0 Å². The van der Waals surface area contributed by atoms with Crippen LogP contribution in [-0.4, -0.2) is 4.98 Å². The molecule has 0 saturated carbocycles. The molecule has 2 heteroatoms. The predicted molar refractivity (Wildman–Crippen MR) is 79.4 cm³/mol. The van der Waals surface area contributed by atoms with E-state index in [0.717, 1.165) is 18.5 Å². The van der Waals surface area contributed by atoms with Gasteiger partial charge < -0.3 is 5.73 Å². The van der Waals surface area contributed by atoms with Gasteiger partial charge in [-0.3, -0.25) is 4.98 Å². The van der Waals surface area contributed by atoms with Gasteiger partial charge in [-0.15, -0.1) is 0 Å². The first-order valence-corrected chi connectivity index (χ1v) is 7.56. The molecule has 2 N–H and O–H groups in total. The normalized spacial score (nSPS) is 18.1. The van der Waals surface area contributed by atoms with Crippen LogP contribution in [-0.2, 0) is 25.7 Å². The van der Waals surface area contributed by atoms with Gasteiger partial charge in [0.2, 0.25) is 0 Å². The van der Waals surface area contributed by atoms with Crippen LogP contribution in [0.3, 0.4) is 0 Å². The van der Waals surface area contributed by atoms with Crippen molar-refractivity contribution in [1.29, 1.82) is 0 Å². The smallest absolute Gasteiger partial charge is 0.0760 e. The fourth-order valence-electron chi connectivity index (χ4n) is 3.75. The fourth-order valence-corrected chi connectivity index (χ4v) is 3.75. The molecule has 0 bridgehead atoms. The molecule has 1 aromatic heterocycles. The number of nitrogens with two attached hydrogens (primary N) is 1. The molecule has 19 heavy (non-hydrogen) atoms. The number of anilines is 1. The number of aromatic nitrogens is 1. The molecular formula is C17H20N2. The Morgan fingerprint density at radius 1 is 0.842 bits per heavy atom. The van der Waals surface area contributed by atoms with E-state index in [1.165, 1.54) is 71.8 Å². The summed E-state index contributed by atoms with van der Waals surface area (Å²) >= 11 is 0. The van der Waals surface area contributed by atoms with Crippen LogP contribution in [0.4, 0.5) is 5.69 Å². The van der Waals surface area contributed by atoms with E-state index in [1.54, 1.807) is 0 Å². The monoisotopic (exact) mass is 252 g/mol. The van der Waals surface area contributed by atoms with Crippen molar-refractivity contribution in [3.63, 3.8) is 0 Å². The molecule has 1 heterocycles. The maximum atomic E-state index is 6.43. The van der Waals surface area contributed by atoms with Gasteiger partial charge >= 0.3 is 0 Å². The van der Waals surface area contributed by atoms with Crippen molar-refractivity contribution in [2.24, 2.45) is 0 Å². The Bertz CT molecular complexity index is 658. The van der Waals surface area contributed by atoms with Crippen molar-refractivity contribution in [3.05, 3.63) is 34.5 Å². The third-order valence-electron chi connectivity index (χ3n) is 4.80. The van der Waals surface area contributed by atoms with Crippen molar-refractivity contribution < 1.29 is 0 Å².